The van der Waals surface area contributed by atoms with Gasteiger partial charge in [0, 0.05) is 17.7 Å². The lowest BCUT2D eigenvalue weighted by atomic mass is 10.1. The van der Waals surface area contributed by atoms with Crippen molar-refractivity contribution in [2.75, 3.05) is 12.6 Å². The van der Waals surface area contributed by atoms with Crippen LogP contribution >= 0.6 is 0 Å². The van der Waals surface area contributed by atoms with Crippen molar-refractivity contribution in [3.63, 3.8) is 0 Å². The van der Waals surface area contributed by atoms with Crippen LogP contribution in [0.15, 0.2) is 60.7 Å². The predicted octanol–water partition coefficient (Wildman–Crippen LogP) is 4.29. The van der Waals surface area contributed by atoms with Gasteiger partial charge in [-0.1, -0.05) is 24.3 Å². The number of anilines is 1. The lowest BCUT2D eigenvalue weighted by Crippen LogP contribution is -1.98. The average molecular weight is 324 g/mol. The summed E-state index contributed by atoms with van der Waals surface area (Å²) in [6.45, 7) is 0. The number of benzene rings is 2. The number of aromatic nitrogens is 1. The van der Waals surface area contributed by atoms with Crippen molar-refractivity contribution in [2.45, 2.75) is 6.42 Å². The molecule has 0 fully saturated rings. The molecule has 1 heterocycles. The first-order valence-electron chi connectivity index (χ1n) is 7.48. The van der Waals surface area contributed by atoms with Crippen molar-refractivity contribution in [1.82, 2.24) is 4.98 Å². The number of pyridine rings is 1. The SMILES string of the molecule is COc1ccc(Cc2ccc(F)cc2)nc1-c1cccc(NO)c1. The molecule has 4 nitrogen and oxygen atoms in total. The van der Waals surface area contributed by atoms with Crippen molar-refractivity contribution in [3.05, 3.63) is 77.7 Å². The minimum atomic E-state index is -0.254. The lowest BCUT2D eigenvalue weighted by Gasteiger charge is -2.11. The first-order valence-corrected chi connectivity index (χ1v) is 7.48. The lowest BCUT2D eigenvalue weighted by molar-refractivity contribution is 0.389. The topological polar surface area (TPSA) is 54.4 Å². The molecule has 0 bridgehead atoms. The molecule has 5 heteroatoms. The fourth-order valence-corrected chi connectivity index (χ4v) is 2.50. The number of halogens is 1. The highest BCUT2D eigenvalue weighted by molar-refractivity contribution is 5.70. The van der Waals surface area contributed by atoms with E-state index < -0.39 is 0 Å². The Kier molecular flexibility index (Phi) is 4.72. The minimum absolute atomic E-state index is 0.254. The van der Waals surface area contributed by atoms with E-state index in [-0.39, 0.29) is 5.82 Å². The van der Waals surface area contributed by atoms with Gasteiger partial charge in [-0.15, -0.1) is 0 Å². The average Bonchev–Trinajstić information content (AvgIpc) is 2.63. The molecule has 0 aliphatic heterocycles. The summed E-state index contributed by atoms with van der Waals surface area (Å²) >= 11 is 0. The van der Waals surface area contributed by atoms with E-state index in [1.54, 1.807) is 31.4 Å². The Balaban J connectivity index is 1.97. The van der Waals surface area contributed by atoms with Gasteiger partial charge in [-0.25, -0.2) is 9.37 Å². The van der Waals surface area contributed by atoms with Crippen molar-refractivity contribution >= 4 is 5.69 Å². The molecule has 0 aliphatic rings. The molecular weight excluding hydrogens is 307 g/mol. The summed E-state index contributed by atoms with van der Waals surface area (Å²) in [5.74, 6) is 0.392. The van der Waals surface area contributed by atoms with E-state index in [1.165, 1.54) is 12.1 Å². The Labute approximate surface area is 139 Å². The summed E-state index contributed by atoms with van der Waals surface area (Å²) in [5.41, 5.74) is 6.04. The van der Waals surface area contributed by atoms with E-state index in [9.17, 15) is 4.39 Å². The second-order valence-corrected chi connectivity index (χ2v) is 5.35. The monoisotopic (exact) mass is 324 g/mol. The van der Waals surface area contributed by atoms with Crippen LogP contribution in [0.25, 0.3) is 11.3 Å². The van der Waals surface area contributed by atoms with Gasteiger partial charge in [-0.3, -0.25) is 10.7 Å². The Bertz CT molecular complexity index is 835. The summed E-state index contributed by atoms with van der Waals surface area (Å²) in [6.07, 6.45) is 0.592. The van der Waals surface area contributed by atoms with E-state index in [4.69, 9.17) is 9.94 Å². The van der Waals surface area contributed by atoms with Crippen LogP contribution in [0, 0.1) is 5.82 Å². The fourth-order valence-electron chi connectivity index (χ4n) is 2.50. The van der Waals surface area contributed by atoms with Crippen LogP contribution in [0.3, 0.4) is 0 Å². The van der Waals surface area contributed by atoms with Gasteiger partial charge in [0.1, 0.15) is 17.3 Å². The smallest absolute Gasteiger partial charge is 0.145 e. The Hall–Kier alpha value is -2.92. The molecule has 0 spiro atoms. The molecule has 0 saturated carbocycles. The first-order chi connectivity index (χ1) is 11.7. The summed E-state index contributed by atoms with van der Waals surface area (Å²) in [6, 6.07) is 17.4. The molecule has 1 aromatic heterocycles. The van der Waals surface area contributed by atoms with E-state index in [1.807, 2.05) is 24.3 Å². The molecule has 0 aliphatic carbocycles. The van der Waals surface area contributed by atoms with Gasteiger partial charge >= 0.3 is 0 Å². The van der Waals surface area contributed by atoms with Crippen molar-refractivity contribution < 1.29 is 14.3 Å². The third-order valence-corrected chi connectivity index (χ3v) is 3.70. The number of nitrogens with one attached hydrogen (secondary N) is 1. The summed E-state index contributed by atoms with van der Waals surface area (Å²) in [5, 5.41) is 9.07. The maximum absolute atomic E-state index is 13.0. The zero-order chi connectivity index (χ0) is 16.9. The number of rotatable bonds is 5. The zero-order valence-corrected chi connectivity index (χ0v) is 13.2. The second-order valence-electron chi connectivity index (χ2n) is 5.35. The highest BCUT2D eigenvalue weighted by Gasteiger charge is 2.10. The normalized spacial score (nSPS) is 10.5. The highest BCUT2D eigenvalue weighted by Crippen LogP contribution is 2.30. The number of nitrogens with zero attached hydrogens (tertiary/aromatic N) is 1. The van der Waals surface area contributed by atoms with Gasteiger partial charge in [0.2, 0.25) is 0 Å². The van der Waals surface area contributed by atoms with Crippen LogP contribution in [0.1, 0.15) is 11.3 Å². The van der Waals surface area contributed by atoms with E-state index in [0.717, 1.165) is 16.8 Å². The molecule has 3 rings (SSSR count). The summed E-state index contributed by atoms with van der Waals surface area (Å²) in [7, 11) is 1.59. The van der Waals surface area contributed by atoms with E-state index >= 15 is 0 Å². The van der Waals surface area contributed by atoms with E-state index in [0.29, 0.717) is 23.6 Å². The third kappa shape index (κ3) is 3.52. The molecular formula is C19H17FN2O2. The van der Waals surface area contributed by atoms with Crippen molar-refractivity contribution in [2.24, 2.45) is 0 Å². The molecule has 24 heavy (non-hydrogen) atoms. The molecule has 2 aromatic carbocycles. The summed E-state index contributed by atoms with van der Waals surface area (Å²) < 4.78 is 18.4. The Morgan fingerprint density at radius 3 is 2.58 bits per heavy atom. The van der Waals surface area contributed by atoms with Crippen LogP contribution in [0.4, 0.5) is 10.1 Å². The van der Waals surface area contributed by atoms with Crippen LogP contribution in [-0.4, -0.2) is 17.3 Å². The number of hydrogen-bond donors (Lipinski definition) is 2. The maximum Gasteiger partial charge on any atom is 0.145 e. The zero-order valence-electron chi connectivity index (χ0n) is 13.2. The molecule has 0 atom stereocenters. The number of methoxy groups -OCH3 is 1. The van der Waals surface area contributed by atoms with Gasteiger partial charge in [0.25, 0.3) is 0 Å². The van der Waals surface area contributed by atoms with Gasteiger partial charge in [0.15, 0.2) is 0 Å². The quantitative estimate of drug-likeness (QED) is 0.688. The first kappa shape index (κ1) is 16.0. The Morgan fingerprint density at radius 2 is 1.88 bits per heavy atom. The van der Waals surface area contributed by atoms with Gasteiger partial charge in [-0.05, 0) is 42.0 Å². The van der Waals surface area contributed by atoms with Crippen LogP contribution in [0.2, 0.25) is 0 Å². The molecule has 3 aromatic rings. The molecule has 122 valence electrons. The van der Waals surface area contributed by atoms with Crippen LogP contribution in [0.5, 0.6) is 5.75 Å². The van der Waals surface area contributed by atoms with Crippen LogP contribution in [-0.2, 0) is 6.42 Å². The molecule has 2 N–H and O–H groups in total. The number of ether oxygens (including phenoxy) is 1. The van der Waals surface area contributed by atoms with Crippen molar-refractivity contribution in [1.29, 1.82) is 0 Å². The second kappa shape index (κ2) is 7.10. The number of hydrogen-bond acceptors (Lipinski definition) is 4. The van der Waals surface area contributed by atoms with Crippen LogP contribution < -0.4 is 10.2 Å². The van der Waals surface area contributed by atoms with Gasteiger partial charge in [0.05, 0.1) is 12.8 Å². The Morgan fingerprint density at radius 1 is 1.08 bits per heavy atom. The summed E-state index contributed by atoms with van der Waals surface area (Å²) in [4.78, 5) is 4.68. The molecule has 0 radical (unpaired) electrons. The van der Waals surface area contributed by atoms with Crippen molar-refractivity contribution in [3.8, 4) is 17.0 Å². The molecule has 0 unspecified atom stereocenters. The van der Waals surface area contributed by atoms with Gasteiger partial charge in [-0.2, -0.15) is 0 Å². The standard InChI is InChI=1S/C19H17FN2O2/c1-24-18-10-9-16(11-13-5-7-15(20)8-6-13)21-19(18)14-3-2-4-17(12-14)22-23/h2-10,12,22-23H,11H2,1H3. The largest absolute Gasteiger partial charge is 0.494 e. The van der Waals surface area contributed by atoms with E-state index in [2.05, 4.69) is 10.5 Å². The highest BCUT2D eigenvalue weighted by atomic mass is 19.1. The fraction of sp³-hybridized carbons (Fsp3) is 0.105. The predicted molar refractivity (Wildman–Crippen MR) is 90.8 cm³/mol. The molecule has 0 saturated heterocycles. The third-order valence-electron chi connectivity index (χ3n) is 3.70. The minimum Gasteiger partial charge on any atom is -0.494 e. The molecule has 0 amide bonds. The van der Waals surface area contributed by atoms with Gasteiger partial charge < -0.3 is 4.74 Å². The maximum atomic E-state index is 13.0.